The van der Waals surface area contributed by atoms with E-state index in [1.807, 2.05) is 30.3 Å². The van der Waals surface area contributed by atoms with Crippen LogP contribution in [0.1, 0.15) is 11.1 Å². The molecule has 0 fully saturated rings. The van der Waals surface area contributed by atoms with Crippen LogP contribution >= 0.6 is 12.4 Å². The van der Waals surface area contributed by atoms with E-state index in [1.54, 1.807) is 12.1 Å². The monoisotopic (exact) mass is 378 g/mol. The van der Waals surface area contributed by atoms with E-state index in [9.17, 15) is 14.7 Å². The molecular weight excluding hydrogens is 356 g/mol. The first kappa shape index (κ1) is 21.5. The van der Waals surface area contributed by atoms with Crippen molar-refractivity contribution in [1.29, 1.82) is 0 Å². The number of methoxy groups -OCH3 is 1. The van der Waals surface area contributed by atoms with Crippen molar-refractivity contribution in [2.45, 2.75) is 24.9 Å². The second kappa shape index (κ2) is 10.4. The lowest BCUT2D eigenvalue weighted by Gasteiger charge is -2.19. The van der Waals surface area contributed by atoms with Crippen molar-refractivity contribution in [3.8, 4) is 5.75 Å². The third kappa shape index (κ3) is 6.38. The molecule has 6 nitrogen and oxygen atoms in total. The van der Waals surface area contributed by atoms with Gasteiger partial charge in [0, 0.05) is 6.42 Å². The van der Waals surface area contributed by atoms with Crippen LogP contribution in [0.2, 0.25) is 0 Å². The SMILES string of the molecule is COC(=O)C(Cc1ccc(O)cc1)NC(=O)C(N)Cc1ccccc1.Cl. The number of esters is 1. The predicted octanol–water partition coefficient (Wildman–Crippen LogP) is 1.58. The molecule has 140 valence electrons. The van der Waals surface area contributed by atoms with E-state index < -0.39 is 24.0 Å². The Morgan fingerprint density at radius 1 is 1.04 bits per heavy atom. The zero-order chi connectivity index (χ0) is 18.2. The average molecular weight is 379 g/mol. The summed E-state index contributed by atoms with van der Waals surface area (Å²) in [5, 5.41) is 12.0. The maximum atomic E-state index is 12.3. The Morgan fingerprint density at radius 2 is 1.62 bits per heavy atom. The second-order valence-corrected chi connectivity index (χ2v) is 5.75. The number of halogens is 1. The van der Waals surface area contributed by atoms with Gasteiger partial charge in [-0.3, -0.25) is 4.79 Å². The van der Waals surface area contributed by atoms with Crippen LogP contribution in [0.25, 0.3) is 0 Å². The van der Waals surface area contributed by atoms with Gasteiger partial charge in [-0.2, -0.15) is 0 Å². The van der Waals surface area contributed by atoms with Gasteiger partial charge >= 0.3 is 5.97 Å². The van der Waals surface area contributed by atoms with Crippen LogP contribution in [0.4, 0.5) is 0 Å². The maximum absolute atomic E-state index is 12.3. The van der Waals surface area contributed by atoms with Crippen molar-refractivity contribution in [3.05, 3.63) is 65.7 Å². The van der Waals surface area contributed by atoms with Gasteiger partial charge in [-0.15, -0.1) is 12.4 Å². The number of aromatic hydroxyl groups is 1. The van der Waals surface area contributed by atoms with Crippen molar-refractivity contribution in [2.75, 3.05) is 7.11 Å². The Hall–Kier alpha value is -2.57. The molecule has 4 N–H and O–H groups in total. The predicted molar refractivity (Wildman–Crippen MR) is 101 cm³/mol. The maximum Gasteiger partial charge on any atom is 0.328 e. The number of carbonyl (C=O) groups is 2. The van der Waals surface area contributed by atoms with Crippen LogP contribution in [-0.2, 0) is 27.2 Å². The standard InChI is InChI=1S/C19H22N2O4.ClH/c1-25-19(24)17(12-14-7-9-15(22)10-8-14)21-18(23)16(20)11-13-5-3-2-4-6-13;/h2-10,16-17,22H,11-12,20H2,1H3,(H,21,23);1H. The number of amides is 1. The largest absolute Gasteiger partial charge is 0.508 e. The van der Waals surface area contributed by atoms with Crippen LogP contribution in [0, 0.1) is 0 Å². The molecule has 2 unspecified atom stereocenters. The number of benzene rings is 2. The topological polar surface area (TPSA) is 102 Å². The number of phenolic OH excluding ortho intramolecular Hbond substituents is 1. The fraction of sp³-hybridized carbons (Fsp3) is 0.263. The molecule has 0 aliphatic heterocycles. The van der Waals surface area contributed by atoms with Crippen LogP contribution < -0.4 is 11.1 Å². The highest BCUT2D eigenvalue weighted by molar-refractivity contribution is 5.87. The Morgan fingerprint density at radius 3 is 2.19 bits per heavy atom. The lowest BCUT2D eigenvalue weighted by molar-refractivity contribution is -0.145. The summed E-state index contributed by atoms with van der Waals surface area (Å²) in [6.07, 6.45) is 0.622. The van der Waals surface area contributed by atoms with Gasteiger partial charge in [-0.1, -0.05) is 42.5 Å². The summed E-state index contributed by atoms with van der Waals surface area (Å²) in [6, 6.07) is 14.2. The number of hydrogen-bond acceptors (Lipinski definition) is 5. The lowest BCUT2D eigenvalue weighted by Crippen LogP contribution is -2.50. The van der Waals surface area contributed by atoms with E-state index >= 15 is 0 Å². The molecule has 2 aromatic rings. The van der Waals surface area contributed by atoms with E-state index in [-0.39, 0.29) is 24.6 Å². The fourth-order valence-electron chi connectivity index (χ4n) is 2.44. The second-order valence-electron chi connectivity index (χ2n) is 5.75. The number of carbonyl (C=O) groups excluding carboxylic acids is 2. The summed E-state index contributed by atoms with van der Waals surface area (Å²) in [7, 11) is 1.27. The smallest absolute Gasteiger partial charge is 0.328 e. The highest BCUT2D eigenvalue weighted by Gasteiger charge is 2.24. The average Bonchev–Trinajstić information content (AvgIpc) is 2.63. The molecule has 26 heavy (non-hydrogen) atoms. The van der Waals surface area contributed by atoms with E-state index in [0.717, 1.165) is 11.1 Å². The Labute approximate surface area is 158 Å². The quantitative estimate of drug-likeness (QED) is 0.635. The first-order chi connectivity index (χ1) is 12.0. The minimum atomic E-state index is -0.844. The highest BCUT2D eigenvalue weighted by Crippen LogP contribution is 2.12. The fourth-order valence-corrected chi connectivity index (χ4v) is 2.44. The van der Waals surface area contributed by atoms with E-state index in [0.29, 0.717) is 6.42 Å². The molecule has 2 rings (SSSR count). The molecule has 0 aliphatic carbocycles. The van der Waals surface area contributed by atoms with Crippen molar-refractivity contribution in [2.24, 2.45) is 5.73 Å². The number of nitrogens with one attached hydrogen (secondary N) is 1. The van der Waals surface area contributed by atoms with E-state index in [4.69, 9.17) is 10.5 Å². The first-order valence-corrected chi connectivity index (χ1v) is 7.95. The Kier molecular flexibility index (Phi) is 8.61. The molecule has 0 bridgehead atoms. The zero-order valence-electron chi connectivity index (χ0n) is 14.4. The molecule has 0 aromatic heterocycles. The van der Waals surface area contributed by atoms with Gasteiger partial charge in [0.25, 0.3) is 0 Å². The third-order valence-electron chi connectivity index (χ3n) is 3.81. The van der Waals surface area contributed by atoms with Crippen molar-refractivity contribution < 1.29 is 19.4 Å². The van der Waals surface area contributed by atoms with Crippen LogP contribution in [0.15, 0.2) is 54.6 Å². The van der Waals surface area contributed by atoms with Gasteiger partial charge in [0.05, 0.1) is 13.2 Å². The minimum Gasteiger partial charge on any atom is -0.508 e. The van der Waals surface area contributed by atoms with Crippen molar-refractivity contribution in [3.63, 3.8) is 0 Å². The molecule has 2 atom stereocenters. The van der Waals surface area contributed by atoms with E-state index in [1.165, 1.54) is 19.2 Å². The summed E-state index contributed by atoms with van der Waals surface area (Å²) in [4.78, 5) is 24.3. The molecule has 0 heterocycles. The summed E-state index contributed by atoms with van der Waals surface area (Å²) in [5.74, 6) is -0.835. The first-order valence-electron chi connectivity index (χ1n) is 7.95. The number of ether oxygens (including phenoxy) is 1. The zero-order valence-corrected chi connectivity index (χ0v) is 15.2. The molecule has 0 saturated carbocycles. The summed E-state index contributed by atoms with van der Waals surface area (Å²) in [5.41, 5.74) is 7.68. The molecular formula is C19H23ClN2O4. The van der Waals surface area contributed by atoms with Crippen molar-refractivity contribution in [1.82, 2.24) is 5.32 Å². The Balaban J connectivity index is 0.00000338. The highest BCUT2D eigenvalue weighted by atomic mass is 35.5. The number of rotatable bonds is 7. The lowest BCUT2D eigenvalue weighted by atomic mass is 10.0. The Bertz CT molecular complexity index is 707. The summed E-state index contributed by atoms with van der Waals surface area (Å²) >= 11 is 0. The van der Waals surface area contributed by atoms with Gasteiger partial charge < -0.3 is 20.9 Å². The normalized spacial score (nSPS) is 12.4. The number of phenols is 1. The molecule has 1 amide bonds. The third-order valence-corrected chi connectivity index (χ3v) is 3.81. The number of hydrogen-bond donors (Lipinski definition) is 3. The van der Waals surface area contributed by atoms with E-state index in [2.05, 4.69) is 5.32 Å². The van der Waals surface area contributed by atoms with Gasteiger partial charge in [0.15, 0.2) is 0 Å². The minimum absolute atomic E-state index is 0. The summed E-state index contributed by atoms with van der Waals surface area (Å²) in [6.45, 7) is 0. The molecule has 0 saturated heterocycles. The molecule has 7 heteroatoms. The molecule has 0 aliphatic rings. The van der Waals surface area contributed by atoms with Crippen molar-refractivity contribution >= 4 is 24.3 Å². The van der Waals surface area contributed by atoms with Gasteiger partial charge in [0.1, 0.15) is 11.8 Å². The van der Waals surface area contributed by atoms with Crippen LogP contribution in [-0.4, -0.2) is 36.2 Å². The summed E-state index contributed by atoms with van der Waals surface area (Å²) < 4.78 is 4.76. The van der Waals surface area contributed by atoms with Crippen LogP contribution in [0.5, 0.6) is 5.75 Å². The molecule has 2 aromatic carbocycles. The van der Waals surface area contributed by atoms with Gasteiger partial charge in [-0.25, -0.2) is 4.79 Å². The molecule has 0 radical (unpaired) electrons. The molecule has 0 spiro atoms. The number of nitrogens with two attached hydrogens (primary N) is 1. The van der Waals surface area contributed by atoms with Gasteiger partial charge in [-0.05, 0) is 29.7 Å². The van der Waals surface area contributed by atoms with Crippen LogP contribution in [0.3, 0.4) is 0 Å². The van der Waals surface area contributed by atoms with Gasteiger partial charge in [0.2, 0.25) is 5.91 Å².